The summed E-state index contributed by atoms with van der Waals surface area (Å²) < 4.78 is 7.79. The number of thiophene rings is 1. The van der Waals surface area contributed by atoms with Crippen molar-refractivity contribution in [2.45, 2.75) is 34.2 Å². The summed E-state index contributed by atoms with van der Waals surface area (Å²) in [6.45, 7) is 7.47. The zero-order valence-electron chi connectivity index (χ0n) is 22.2. The topological polar surface area (TPSA) is 103 Å². The highest BCUT2D eigenvalue weighted by Crippen LogP contribution is 2.29. The predicted molar refractivity (Wildman–Crippen MR) is 150 cm³/mol. The summed E-state index contributed by atoms with van der Waals surface area (Å²) >= 11 is 1.04. The van der Waals surface area contributed by atoms with Gasteiger partial charge in [0.25, 0.3) is 11.5 Å². The molecule has 0 fully saturated rings. The van der Waals surface area contributed by atoms with Gasteiger partial charge in [0.15, 0.2) is 0 Å². The largest absolute Gasteiger partial charge is 0.494 e. The molecule has 9 nitrogen and oxygen atoms in total. The van der Waals surface area contributed by atoms with Gasteiger partial charge in [-0.15, -0.1) is 11.3 Å². The zero-order valence-corrected chi connectivity index (χ0v) is 23.1. The summed E-state index contributed by atoms with van der Waals surface area (Å²) in [5.74, 6) is -0.104. The number of amides is 2. The van der Waals surface area contributed by atoms with Crippen LogP contribution in [0.2, 0.25) is 0 Å². The molecule has 2 aromatic heterocycles. The molecule has 4 rings (SSSR count). The van der Waals surface area contributed by atoms with Crippen LogP contribution in [0.5, 0.6) is 5.75 Å². The van der Waals surface area contributed by atoms with Gasteiger partial charge in [-0.3, -0.25) is 19.0 Å². The number of rotatable bonds is 7. The lowest BCUT2D eigenvalue weighted by Crippen LogP contribution is -2.40. The van der Waals surface area contributed by atoms with E-state index in [1.807, 2.05) is 39.0 Å². The van der Waals surface area contributed by atoms with Gasteiger partial charge in [0.2, 0.25) is 5.91 Å². The standard InChI is InChI=1S/C28H30N4O5S/c1-7-37-20-13-11-19(12-14-20)32-25(34)22-18(4)24(26(35)30(5)6)38-27(22)31(28(32)36)15-21(33)29-23-16(2)9-8-10-17(23)3/h8-14H,7,15H2,1-6H3,(H,29,33). The van der Waals surface area contributed by atoms with Gasteiger partial charge in [-0.25, -0.2) is 9.36 Å². The first-order valence-electron chi connectivity index (χ1n) is 12.1. The number of para-hydroxylation sites is 1. The van der Waals surface area contributed by atoms with E-state index in [0.29, 0.717) is 34.2 Å². The van der Waals surface area contributed by atoms with Crippen LogP contribution in [0.3, 0.4) is 0 Å². The molecule has 0 aliphatic carbocycles. The summed E-state index contributed by atoms with van der Waals surface area (Å²) in [7, 11) is 3.24. The molecule has 0 atom stereocenters. The molecule has 2 aromatic carbocycles. The second kappa shape index (κ2) is 10.7. The second-order valence-corrected chi connectivity index (χ2v) is 10.2. The summed E-state index contributed by atoms with van der Waals surface area (Å²) in [5.41, 5.74) is 2.03. The van der Waals surface area contributed by atoms with Crippen molar-refractivity contribution < 1.29 is 14.3 Å². The number of benzene rings is 2. The van der Waals surface area contributed by atoms with Gasteiger partial charge in [-0.1, -0.05) is 18.2 Å². The number of aryl methyl sites for hydroxylation is 3. The number of ether oxygens (including phenoxy) is 1. The van der Waals surface area contributed by atoms with Crippen molar-refractivity contribution >= 4 is 39.1 Å². The smallest absolute Gasteiger partial charge is 0.337 e. The Hall–Kier alpha value is -4.18. The third kappa shape index (κ3) is 4.87. The number of hydrogen-bond donors (Lipinski definition) is 1. The Morgan fingerprint density at radius 1 is 1.00 bits per heavy atom. The zero-order chi connectivity index (χ0) is 27.7. The van der Waals surface area contributed by atoms with E-state index in [1.165, 1.54) is 9.47 Å². The molecule has 38 heavy (non-hydrogen) atoms. The number of fused-ring (bicyclic) bond motifs is 1. The average molecular weight is 535 g/mol. The first-order chi connectivity index (χ1) is 18.0. The minimum Gasteiger partial charge on any atom is -0.494 e. The highest BCUT2D eigenvalue weighted by Gasteiger charge is 2.25. The van der Waals surface area contributed by atoms with E-state index < -0.39 is 17.2 Å². The lowest BCUT2D eigenvalue weighted by atomic mass is 10.1. The Balaban J connectivity index is 1.92. The van der Waals surface area contributed by atoms with Crippen molar-refractivity contribution in [3.8, 4) is 11.4 Å². The Morgan fingerprint density at radius 3 is 2.21 bits per heavy atom. The molecule has 0 saturated heterocycles. The summed E-state index contributed by atoms with van der Waals surface area (Å²) in [5, 5.41) is 3.13. The van der Waals surface area contributed by atoms with Crippen LogP contribution in [0.4, 0.5) is 5.69 Å². The maximum Gasteiger partial charge on any atom is 0.337 e. The molecule has 0 unspecified atom stereocenters. The molecule has 1 N–H and O–H groups in total. The fourth-order valence-electron chi connectivity index (χ4n) is 4.31. The number of carbonyl (C=O) groups excluding carboxylic acids is 2. The van der Waals surface area contributed by atoms with Gasteiger partial charge in [-0.05, 0) is 68.7 Å². The summed E-state index contributed by atoms with van der Waals surface area (Å²) in [6.07, 6.45) is 0. The molecule has 2 amide bonds. The van der Waals surface area contributed by atoms with Crippen molar-refractivity contribution in [2.75, 3.05) is 26.0 Å². The normalized spacial score (nSPS) is 11.0. The molecule has 0 aliphatic rings. The molecule has 2 heterocycles. The molecule has 0 spiro atoms. The molecular weight excluding hydrogens is 504 g/mol. The van der Waals surface area contributed by atoms with Crippen molar-refractivity contribution in [3.05, 3.63) is 84.9 Å². The Kier molecular flexibility index (Phi) is 7.54. The van der Waals surface area contributed by atoms with Gasteiger partial charge in [0.1, 0.15) is 17.1 Å². The quantitative estimate of drug-likeness (QED) is 0.388. The Labute approximate surface area is 223 Å². The van der Waals surface area contributed by atoms with Crippen LogP contribution < -0.4 is 21.3 Å². The molecule has 0 radical (unpaired) electrons. The van der Waals surface area contributed by atoms with Crippen LogP contribution in [-0.4, -0.2) is 46.6 Å². The molecule has 4 aromatic rings. The molecule has 0 saturated carbocycles. The average Bonchev–Trinajstić information content (AvgIpc) is 3.22. The first kappa shape index (κ1) is 26.9. The SMILES string of the molecule is CCOc1ccc(-n2c(=O)c3c(C)c(C(=O)N(C)C)sc3n(CC(=O)Nc3c(C)cccc3C)c2=O)cc1. The summed E-state index contributed by atoms with van der Waals surface area (Å²) in [6, 6.07) is 12.3. The van der Waals surface area contributed by atoms with E-state index in [4.69, 9.17) is 4.74 Å². The van der Waals surface area contributed by atoms with E-state index >= 15 is 0 Å². The van der Waals surface area contributed by atoms with Gasteiger partial charge in [0.05, 0.1) is 22.6 Å². The Bertz CT molecular complexity index is 1640. The van der Waals surface area contributed by atoms with E-state index in [-0.39, 0.29) is 22.7 Å². The first-order valence-corrected chi connectivity index (χ1v) is 13.0. The fourth-order valence-corrected chi connectivity index (χ4v) is 5.63. The molecule has 198 valence electrons. The minimum absolute atomic E-state index is 0.230. The predicted octanol–water partition coefficient (Wildman–Crippen LogP) is 3.88. The third-order valence-corrected chi connectivity index (χ3v) is 7.57. The molecule has 10 heteroatoms. The van der Waals surface area contributed by atoms with E-state index in [1.54, 1.807) is 45.3 Å². The number of nitrogens with zero attached hydrogens (tertiary/aromatic N) is 3. The number of hydrogen-bond acceptors (Lipinski definition) is 6. The number of anilines is 1. The van der Waals surface area contributed by atoms with Crippen molar-refractivity contribution in [3.63, 3.8) is 0 Å². The highest BCUT2D eigenvalue weighted by molar-refractivity contribution is 7.20. The molecular formula is C28H30N4O5S. The third-order valence-electron chi connectivity index (χ3n) is 6.27. The van der Waals surface area contributed by atoms with Crippen LogP contribution in [0.25, 0.3) is 15.9 Å². The number of carbonyl (C=O) groups is 2. The maximum absolute atomic E-state index is 13.8. The van der Waals surface area contributed by atoms with Crippen LogP contribution in [-0.2, 0) is 11.3 Å². The lowest BCUT2D eigenvalue weighted by Gasteiger charge is -2.15. The van der Waals surface area contributed by atoms with Gasteiger partial charge >= 0.3 is 5.69 Å². The monoisotopic (exact) mass is 534 g/mol. The van der Waals surface area contributed by atoms with Crippen LogP contribution in [0.15, 0.2) is 52.1 Å². The van der Waals surface area contributed by atoms with E-state index in [2.05, 4.69) is 5.32 Å². The van der Waals surface area contributed by atoms with Gasteiger partial charge < -0.3 is 15.0 Å². The second-order valence-electron chi connectivity index (χ2n) is 9.19. The van der Waals surface area contributed by atoms with Gasteiger partial charge in [-0.2, -0.15) is 0 Å². The molecule has 0 bridgehead atoms. The van der Waals surface area contributed by atoms with Crippen molar-refractivity contribution in [1.29, 1.82) is 0 Å². The number of aromatic nitrogens is 2. The van der Waals surface area contributed by atoms with Crippen molar-refractivity contribution in [1.82, 2.24) is 14.0 Å². The van der Waals surface area contributed by atoms with Crippen LogP contribution in [0, 0.1) is 20.8 Å². The summed E-state index contributed by atoms with van der Waals surface area (Å²) in [4.78, 5) is 55.6. The van der Waals surface area contributed by atoms with E-state index in [9.17, 15) is 19.2 Å². The Morgan fingerprint density at radius 2 is 1.63 bits per heavy atom. The minimum atomic E-state index is -0.673. The number of nitrogens with one attached hydrogen (secondary N) is 1. The van der Waals surface area contributed by atoms with Crippen molar-refractivity contribution in [2.24, 2.45) is 0 Å². The van der Waals surface area contributed by atoms with Crippen LogP contribution in [0.1, 0.15) is 33.3 Å². The maximum atomic E-state index is 13.8. The molecule has 0 aliphatic heterocycles. The van der Waals surface area contributed by atoms with E-state index in [0.717, 1.165) is 27.0 Å². The van der Waals surface area contributed by atoms with Gasteiger partial charge in [0, 0.05) is 19.8 Å². The van der Waals surface area contributed by atoms with Crippen LogP contribution >= 0.6 is 11.3 Å². The highest BCUT2D eigenvalue weighted by atomic mass is 32.1. The lowest BCUT2D eigenvalue weighted by molar-refractivity contribution is -0.116. The fraction of sp³-hybridized carbons (Fsp3) is 0.286.